The molecule has 1 amide bonds. The summed E-state index contributed by atoms with van der Waals surface area (Å²) in [5.41, 5.74) is 2.49. The average Bonchev–Trinajstić information content (AvgIpc) is 2.94. The van der Waals surface area contributed by atoms with Gasteiger partial charge in [-0.3, -0.25) is 9.69 Å². The number of aryl methyl sites for hydroxylation is 1. The molecule has 3 rings (SSSR count). The fraction of sp³-hybridized carbons (Fsp3) is 0.238. The molecule has 2 aromatic rings. The zero-order chi connectivity index (χ0) is 19.6. The second kappa shape index (κ2) is 7.88. The fourth-order valence-electron chi connectivity index (χ4n) is 2.71. The minimum atomic E-state index is -0.122. The van der Waals surface area contributed by atoms with Crippen LogP contribution in [0.15, 0.2) is 52.4 Å². The van der Waals surface area contributed by atoms with Gasteiger partial charge in [-0.1, -0.05) is 29.8 Å². The summed E-state index contributed by atoms with van der Waals surface area (Å²) in [6.45, 7) is 5.93. The van der Waals surface area contributed by atoms with Gasteiger partial charge in [0.15, 0.2) is 16.7 Å². The molecule has 6 heteroatoms. The van der Waals surface area contributed by atoms with Crippen LogP contribution < -0.4 is 4.74 Å². The van der Waals surface area contributed by atoms with E-state index in [-0.39, 0.29) is 17.7 Å². The van der Waals surface area contributed by atoms with E-state index < -0.39 is 0 Å². The molecule has 0 atom stereocenters. The van der Waals surface area contributed by atoms with Crippen LogP contribution >= 0.6 is 11.8 Å². The van der Waals surface area contributed by atoms with E-state index in [0.717, 1.165) is 11.3 Å². The van der Waals surface area contributed by atoms with Crippen LogP contribution in [0.5, 0.6) is 11.5 Å². The van der Waals surface area contributed by atoms with Gasteiger partial charge < -0.3 is 9.84 Å². The highest BCUT2D eigenvalue weighted by Crippen LogP contribution is 2.38. The Morgan fingerprint density at radius 1 is 1.19 bits per heavy atom. The monoisotopic (exact) mass is 382 g/mol. The van der Waals surface area contributed by atoms with Crippen LogP contribution in [0.2, 0.25) is 0 Å². The minimum absolute atomic E-state index is 0.0147. The predicted octanol–water partition coefficient (Wildman–Crippen LogP) is 4.72. The van der Waals surface area contributed by atoms with E-state index in [2.05, 4.69) is 4.99 Å². The number of hydrogen-bond donors (Lipinski definition) is 1. The zero-order valence-corrected chi connectivity index (χ0v) is 16.6. The van der Waals surface area contributed by atoms with E-state index in [1.165, 1.54) is 18.9 Å². The molecule has 0 aromatic heterocycles. The van der Waals surface area contributed by atoms with Crippen LogP contribution in [0.1, 0.15) is 25.0 Å². The van der Waals surface area contributed by atoms with Crippen molar-refractivity contribution in [3.8, 4) is 11.5 Å². The standard InChI is InChI=1S/C21H22N2O3S/c1-13(2)23-20(25)18(12-15-6-5-7-17(26-4)19(15)24)27-21(23)22-16-10-8-14(3)9-11-16/h5-13,24H,1-4H3/b18-12+,22-21?. The summed E-state index contributed by atoms with van der Waals surface area (Å²) in [7, 11) is 1.49. The third kappa shape index (κ3) is 4.01. The largest absolute Gasteiger partial charge is 0.504 e. The number of methoxy groups -OCH3 is 1. The van der Waals surface area contributed by atoms with E-state index >= 15 is 0 Å². The number of aromatic hydroxyl groups is 1. The van der Waals surface area contributed by atoms with Crippen molar-refractivity contribution in [1.29, 1.82) is 0 Å². The highest BCUT2D eigenvalue weighted by Gasteiger charge is 2.35. The lowest BCUT2D eigenvalue weighted by molar-refractivity contribution is -0.123. The van der Waals surface area contributed by atoms with E-state index in [4.69, 9.17) is 4.74 Å². The molecule has 2 aromatic carbocycles. The van der Waals surface area contributed by atoms with Gasteiger partial charge in [-0.2, -0.15) is 0 Å². The van der Waals surface area contributed by atoms with E-state index in [1.54, 1.807) is 29.2 Å². The number of amides is 1. The van der Waals surface area contributed by atoms with Gasteiger partial charge in [-0.15, -0.1) is 0 Å². The molecule has 1 aliphatic rings. The van der Waals surface area contributed by atoms with Crippen LogP contribution in [0.25, 0.3) is 6.08 Å². The van der Waals surface area contributed by atoms with Crippen molar-refractivity contribution in [2.45, 2.75) is 26.8 Å². The van der Waals surface area contributed by atoms with Gasteiger partial charge in [0, 0.05) is 11.6 Å². The van der Waals surface area contributed by atoms with Gasteiger partial charge in [0.1, 0.15) is 0 Å². The highest BCUT2D eigenvalue weighted by atomic mass is 32.2. The summed E-state index contributed by atoms with van der Waals surface area (Å²) in [4.78, 5) is 19.8. The lowest BCUT2D eigenvalue weighted by atomic mass is 10.1. The number of benzene rings is 2. The number of hydrogen-bond acceptors (Lipinski definition) is 5. The molecule has 27 heavy (non-hydrogen) atoms. The van der Waals surface area contributed by atoms with Crippen molar-refractivity contribution in [3.05, 3.63) is 58.5 Å². The van der Waals surface area contributed by atoms with Crippen molar-refractivity contribution in [3.63, 3.8) is 0 Å². The first kappa shape index (κ1) is 19.0. The van der Waals surface area contributed by atoms with E-state index in [0.29, 0.717) is 21.4 Å². The first-order chi connectivity index (χ1) is 12.9. The van der Waals surface area contributed by atoms with Crippen LogP contribution in [-0.2, 0) is 4.79 Å². The van der Waals surface area contributed by atoms with Crippen LogP contribution in [0, 0.1) is 6.92 Å². The van der Waals surface area contributed by atoms with Gasteiger partial charge in [0.25, 0.3) is 5.91 Å². The van der Waals surface area contributed by atoms with Crippen LogP contribution in [0.3, 0.4) is 0 Å². The van der Waals surface area contributed by atoms with Crippen molar-refractivity contribution >= 4 is 34.6 Å². The quantitative estimate of drug-likeness (QED) is 0.777. The number of amidine groups is 1. The number of aliphatic imine (C=N–C) groups is 1. The molecule has 1 heterocycles. The molecule has 1 N–H and O–H groups in total. The normalized spacial score (nSPS) is 17.4. The molecule has 0 saturated carbocycles. The maximum Gasteiger partial charge on any atom is 0.266 e. The molecule has 140 valence electrons. The number of phenols is 1. The van der Waals surface area contributed by atoms with Crippen molar-refractivity contribution in [1.82, 2.24) is 4.90 Å². The third-order valence-electron chi connectivity index (χ3n) is 4.15. The Hall–Kier alpha value is -2.73. The Bertz CT molecular complexity index is 918. The van der Waals surface area contributed by atoms with Gasteiger partial charge in [0.2, 0.25) is 0 Å². The summed E-state index contributed by atoms with van der Waals surface area (Å²) in [6.07, 6.45) is 1.68. The van der Waals surface area contributed by atoms with Gasteiger partial charge >= 0.3 is 0 Å². The first-order valence-corrected chi connectivity index (χ1v) is 9.46. The second-order valence-corrected chi connectivity index (χ2v) is 7.52. The number of thioether (sulfide) groups is 1. The summed E-state index contributed by atoms with van der Waals surface area (Å²) < 4.78 is 5.14. The molecule has 0 spiro atoms. The van der Waals surface area contributed by atoms with Crippen LogP contribution in [0.4, 0.5) is 5.69 Å². The average molecular weight is 382 g/mol. The van der Waals surface area contributed by atoms with Gasteiger partial charge in [-0.05, 0) is 56.8 Å². The lowest BCUT2D eigenvalue weighted by Gasteiger charge is -2.19. The molecular weight excluding hydrogens is 360 g/mol. The second-order valence-electron chi connectivity index (χ2n) is 6.51. The third-order valence-corrected chi connectivity index (χ3v) is 5.13. The Kier molecular flexibility index (Phi) is 5.56. The highest BCUT2D eigenvalue weighted by molar-refractivity contribution is 8.18. The molecule has 0 aliphatic carbocycles. The van der Waals surface area contributed by atoms with Crippen molar-refractivity contribution < 1.29 is 14.6 Å². The van der Waals surface area contributed by atoms with E-state index in [1.807, 2.05) is 45.0 Å². The summed E-state index contributed by atoms with van der Waals surface area (Å²) >= 11 is 1.31. The maximum atomic E-state index is 12.9. The first-order valence-electron chi connectivity index (χ1n) is 8.65. The Morgan fingerprint density at radius 2 is 1.89 bits per heavy atom. The molecule has 1 aliphatic heterocycles. The molecular formula is C21H22N2O3S. The molecule has 0 unspecified atom stereocenters. The number of rotatable bonds is 4. The smallest absolute Gasteiger partial charge is 0.266 e. The summed E-state index contributed by atoms with van der Waals surface area (Å²) in [5, 5.41) is 10.9. The Labute approximate surface area is 163 Å². The molecule has 0 radical (unpaired) electrons. The molecule has 1 fully saturated rings. The summed E-state index contributed by atoms with van der Waals surface area (Å²) in [6, 6.07) is 13.0. The number of carbonyl (C=O) groups is 1. The fourth-order valence-corrected chi connectivity index (χ4v) is 3.82. The number of carbonyl (C=O) groups excluding carboxylic acids is 1. The predicted molar refractivity (Wildman–Crippen MR) is 110 cm³/mol. The molecule has 0 bridgehead atoms. The van der Waals surface area contributed by atoms with E-state index in [9.17, 15) is 9.90 Å². The number of para-hydroxylation sites is 1. The number of phenolic OH excluding ortho intramolecular Hbond substituents is 1. The van der Waals surface area contributed by atoms with Crippen molar-refractivity contribution in [2.24, 2.45) is 4.99 Å². The maximum absolute atomic E-state index is 12.9. The Morgan fingerprint density at radius 3 is 2.52 bits per heavy atom. The topological polar surface area (TPSA) is 62.1 Å². The van der Waals surface area contributed by atoms with Crippen molar-refractivity contribution in [2.75, 3.05) is 7.11 Å². The minimum Gasteiger partial charge on any atom is -0.504 e. The molecule has 1 saturated heterocycles. The zero-order valence-electron chi connectivity index (χ0n) is 15.8. The SMILES string of the molecule is COc1cccc(/C=C2/SC(=Nc3ccc(C)cc3)N(C(C)C)C2=O)c1O. The lowest BCUT2D eigenvalue weighted by Crippen LogP contribution is -2.35. The number of nitrogens with zero attached hydrogens (tertiary/aromatic N) is 2. The van der Waals surface area contributed by atoms with Gasteiger partial charge in [-0.25, -0.2) is 4.99 Å². The van der Waals surface area contributed by atoms with Crippen LogP contribution in [-0.4, -0.2) is 34.2 Å². The summed E-state index contributed by atoms with van der Waals surface area (Å²) in [5.74, 6) is 0.262. The Balaban J connectivity index is 1.99. The number of ether oxygens (including phenoxy) is 1. The molecule has 5 nitrogen and oxygen atoms in total. The van der Waals surface area contributed by atoms with Gasteiger partial charge in [0.05, 0.1) is 17.7 Å².